The highest BCUT2D eigenvalue weighted by molar-refractivity contribution is 7.99. The van der Waals surface area contributed by atoms with E-state index in [4.69, 9.17) is 5.73 Å². The van der Waals surface area contributed by atoms with Crippen LogP contribution in [0.25, 0.3) is 0 Å². The Balaban J connectivity index is 0.000000314. The van der Waals surface area contributed by atoms with Crippen molar-refractivity contribution in [2.75, 3.05) is 18.8 Å². The molecule has 0 unspecified atom stereocenters. The number of carbonyl (C=O) groups is 1. The van der Waals surface area contributed by atoms with Gasteiger partial charge in [0.25, 0.3) is 0 Å². The predicted molar refractivity (Wildman–Crippen MR) is 102 cm³/mol. The molecule has 0 aliphatic rings. The lowest BCUT2D eigenvalue weighted by Gasteiger charge is -2.28. The number of unbranched alkanes of at least 4 members (excludes halogenated alkanes) is 1. The third-order valence-electron chi connectivity index (χ3n) is 3.37. The molecule has 142 valence electrons. The van der Waals surface area contributed by atoms with Crippen LogP contribution in [0.15, 0.2) is 65.6 Å². The Morgan fingerprint density at radius 2 is 1.62 bits per heavy atom. The highest BCUT2D eigenvalue weighted by Gasteiger charge is 1.99. The molecule has 26 heavy (non-hydrogen) atoms. The maximum atomic E-state index is 11.4. The summed E-state index contributed by atoms with van der Waals surface area (Å²) in [5.41, 5.74) is 5.67. The van der Waals surface area contributed by atoms with E-state index in [2.05, 4.69) is 17.4 Å². The minimum atomic E-state index is -1.84. The highest BCUT2D eigenvalue weighted by atomic mass is 32.2. The number of nitrogens with one attached hydrogen (secondary N) is 1. The molecule has 3 N–H and O–H groups in total. The minimum Gasteiger partial charge on any atom is -0.862 e. The molecule has 0 radical (unpaired) electrons. The van der Waals surface area contributed by atoms with E-state index in [-0.39, 0.29) is 5.91 Å². The third-order valence-corrected chi connectivity index (χ3v) is 4.38. The Hall–Kier alpha value is -1.86. The zero-order chi connectivity index (χ0) is 19.0. The summed E-state index contributed by atoms with van der Waals surface area (Å²) in [5.74, 6) is 1.04. The molecule has 0 heterocycles. The van der Waals surface area contributed by atoms with E-state index >= 15 is 0 Å². The molecule has 6 heteroatoms. The first-order valence-electron chi connectivity index (χ1n) is 8.64. The zero-order valence-corrected chi connectivity index (χ0v) is 15.6. The van der Waals surface area contributed by atoms with Crippen molar-refractivity contribution in [3.05, 3.63) is 66.2 Å². The SMILES string of the molecule is NCCCCC(=O)NCCSc1ccccc1.[O-]C([O-])c1ccccc1. The molecule has 0 aliphatic carbocycles. The number of nitrogens with two attached hydrogens (primary N) is 1. The molecule has 0 saturated carbocycles. The van der Waals surface area contributed by atoms with Crippen LogP contribution in [-0.2, 0) is 4.79 Å². The molecule has 0 aliphatic heterocycles. The summed E-state index contributed by atoms with van der Waals surface area (Å²) < 4.78 is 0. The van der Waals surface area contributed by atoms with Gasteiger partial charge >= 0.3 is 0 Å². The largest absolute Gasteiger partial charge is 0.862 e. The van der Waals surface area contributed by atoms with Crippen LogP contribution in [0.5, 0.6) is 0 Å². The third kappa shape index (κ3) is 10.9. The number of benzene rings is 2. The van der Waals surface area contributed by atoms with Crippen molar-refractivity contribution >= 4 is 17.7 Å². The van der Waals surface area contributed by atoms with Gasteiger partial charge in [0, 0.05) is 23.6 Å². The summed E-state index contributed by atoms with van der Waals surface area (Å²) in [5, 5.41) is 23.3. The van der Waals surface area contributed by atoms with Gasteiger partial charge in [-0.05, 0) is 31.5 Å². The quantitative estimate of drug-likeness (QED) is 0.393. The van der Waals surface area contributed by atoms with Crippen molar-refractivity contribution in [3.63, 3.8) is 0 Å². The number of thioether (sulfide) groups is 1. The molecule has 0 saturated heterocycles. The van der Waals surface area contributed by atoms with E-state index in [1.165, 1.54) is 17.0 Å². The monoisotopic (exact) mass is 374 g/mol. The first kappa shape index (κ1) is 22.2. The summed E-state index contributed by atoms with van der Waals surface area (Å²) in [6.07, 6.45) is 0.555. The van der Waals surface area contributed by atoms with Gasteiger partial charge in [-0.1, -0.05) is 54.1 Å². The molecule has 1 amide bonds. The number of hydrogen-bond acceptors (Lipinski definition) is 5. The first-order chi connectivity index (χ1) is 12.6. The second-order valence-corrected chi connectivity index (χ2v) is 6.67. The van der Waals surface area contributed by atoms with Crippen LogP contribution in [0.4, 0.5) is 0 Å². The van der Waals surface area contributed by atoms with E-state index in [1.807, 2.05) is 18.2 Å². The van der Waals surface area contributed by atoms with Crippen LogP contribution in [0, 0.1) is 0 Å². The van der Waals surface area contributed by atoms with E-state index in [9.17, 15) is 15.0 Å². The van der Waals surface area contributed by atoms with Gasteiger partial charge in [0.1, 0.15) is 0 Å². The highest BCUT2D eigenvalue weighted by Crippen LogP contribution is 2.15. The van der Waals surface area contributed by atoms with E-state index in [0.29, 0.717) is 18.5 Å². The summed E-state index contributed by atoms with van der Waals surface area (Å²) in [6.45, 7) is 1.39. The Kier molecular flexibility index (Phi) is 12.2. The fourth-order valence-electron chi connectivity index (χ4n) is 2.00. The first-order valence-corrected chi connectivity index (χ1v) is 9.63. The molecule has 2 aromatic rings. The van der Waals surface area contributed by atoms with Crippen molar-refractivity contribution in [2.45, 2.75) is 30.4 Å². The van der Waals surface area contributed by atoms with Gasteiger partial charge in [0.05, 0.1) is 0 Å². The molecular formula is C20H26N2O3S-2. The fourth-order valence-corrected chi connectivity index (χ4v) is 2.79. The zero-order valence-electron chi connectivity index (χ0n) is 14.8. The van der Waals surface area contributed by atoms with Gasteiger partial charge in [-0.3, -0.25) is 4.79 Å². The molecule has 0 atom stereocenters. The van der Waals surface area contributed by atoms with Gasteiger partial charge in [-0.15, -0.1) is 11.8 Å². The molecular weight excluding hydrogens is 348 g/mol. The number of rotatable bonds is 9. The Morgan fingerprint density at radius 1 is 1.00 bits per heavy atom. The summed E-state index contributed by atoms with van der Waals surface area (Å²) in [4.78, 5) is 12.6. The van der Waals surface area contributed by atoms with Gasteiger partial charge < -0.3 is 21.3 Å². The average molecular weight is 375 g/mol. The van der Waals surface area contributed by atoms with Crippen LogP contribution in [0.1, 0.15) is 31.1 Å². The van der Waals surface area contributed by atoms with Crippen LogP contribution < -0.4 is 21.3 Å². The lowest BCUT2D eigenvalue weighted by atomic mass is 10.2. The number of amides is 1. The van der Waals surface area contributed by atoms with Crippen LogP contribution in [-0.4, -0.2) is 24.7 Å². The van der Waals surface area contributed by atoms with Gasteiger partial charge in [-0.25, -0.2) is 0 Å². The van der Waals surface area contributed by atoms with E-state index < -0.39 is 6.29 Å². The van der Waals surface area contributed by atoms with Crippen LogP contribution >= 0.6 is 11.8 Å². The molecule has 5 nitrogen and oxygen atoms in total. The van der Waals surface area contributed by atoms with Gasteiger partial charge in [0.2, 0.25) is 5.91 Å². The van der Waals surface area contributed by atoms with Crippen molar-refractivity contribution in [2.24, 2.45) is 5.73 Å². The van der Waals surface area contributed by atoms with Crippen molar-refractivity contribution < 1.29 is 15.0 Å². The number of hydrogen-bond donors (Lipinski definition) is 2. The summed E-state index contributed by atoms with van der Waals surface area (Å²) >= 11 is 1.76. The topological polar surface area (TPSA) is 101 Å². The molecule has 0 fully saturated rings. The van der Waals surface area contributed by atoms with Gasteiger partial charge in [-0.2, -0.15) is 6.29 Å². The van der Waals surface area contributed by atoms with Crippen molar-refractivity contribution in [1.29, 1.82) is 0 Å². The normalized spacial score (nSPS) is 10.2. The Bertz CT molecular complexity index is 595. The van der Waals surface area contributed by atoms with Crippen LogP contribution in [0.3, 0.4) is 0 Å². The lowest BCUT2D eigenvalue weighted by molar-refractivity contribution is -0.668. The second kappa shape index (κ2) is 14.3. The fraction of sp³-hybridized carbons (Fsp3) is 0.350. The predicted octanol–water partition coefficient (Wildman–Crippen LogP) is 1.43. The molecule has 2 aromatic carbocycles. The minimum absolute atomic E-state index is 0.132. The second-order valence-electron chi connectivity index (χ2n) is 5.50. The molecule has 0 aromatic heterocycles. The molecule has 0 spiro atoms. The van der Waals surface area contributed by atoms with E-state index in [0.717, 1.165) is 25.1 Å². The molecule has 0 bridgehead atoms. The van der Waals surface area contributed by atoms with Crippen molar-refractivity contribution in [1.82, 2.24) is 5.32 Å². The lowest BCUT2D eigenvalue weighted by Crippen LogP contribution is -2.28. The smallest absolute Gasteiger partial charge is 0.220 e. The molecule has 2 rings (SSSR count). The number of carbonyl (C=O) groups excluding carboxylic acids is 1. The Morgan fingerprint density at radius 3 is 2.15 bits per heavy atom. The maximum Gasteiger partial charge on any atom is 0.220 e. The van der Waals surface area contributed by atoms with Crippen molar-refractivity contribution in [3.8, 4) is 0 Å². The maximum absolute atomic E-state index is 11.4. The van der Waals surface area contributed by atoms with Crippen LogP contribution in [0.2, 0.25) is 0 Å². The van der Waals surface area contributed by atoms with Gasteiger partial charge in [0.15, 0.2) is 0 Å². The average Bonchev–Trinajstić information content (AvgIpc) is 2.67. The van der Waals surface area contributed by atoms with E-state index in [1.54, 1.807) is 30.0 Å². The summed E-state index contributed by atoms with van der Waals surface area (Å²) in [7, 11) is 0. The summed E-state index contributed by atoms with van der Waals surface area (Å²) in [6, 6.07) is 18.4. The standard InChI is InChI=1S/C13H20N2OS.C7H6O2/c14-9-5-4-8-13(16)15-10-11-17-12-6-2-1-3-7-12;8-7(9)6-4-2-1-3-5-6/h1-3,6-7H,4-5,8-11,14H2,(H,15,16);1-5,7H/q;-2. The Labute approximate surface area is 159 Å².